The third-order valence-electron chi connectivity index (χ3n) is 3.40. The predicted molar refractivity (Wildman–Crippen MR) is 109 cm³/mol. The number of carbonyl (C=O) groups is 6. The first-order valence-electron chi connectivity index (χ1n) is 9.21. The van der Waals surface area contributed by atoms with E-state index in [2.05, 4.69) is 20.8 Å². The third kappa shape index (κ3) is 9.97. The monoisotopic (exact) mass is 472 g/mol. The van der Waals surface area contributed by atoms with Gasteiger partial charge in [-0.05, 0) is 6.92 Å². The number of Topliss-reactive ketones (excluding diaryl/α,β-unsaturated/α-hetero) is 1. The molecule has 0 aromatic carbocycles. The van der Waals surface area contributed by atoms with Crippen LogP contribution in [0.3, 0.4) is 0 Å². The summed E-state index contributed by atoms with van der Waals surface area (Å²) < 4.78 is 23.1. The smallest absolute Gasteiger partial charge is 0.352 e. The normalized spacial score (nSPS) is 19.7. The van der Waals surface area contributed by atoms with Crippen LogP contribution in [0.15, 0.2) is 23.7 Å². The van der Waals surface area contributed by atoms with Crippen LogP contribution in [0.1, 0.15) is 61.3 Å². The Balaban J connectivity index is 0.000000511. The molecule has 3 rings (SSSR count). The first kappa shape index (κ1) is 29.3. The van der Waals surface area contributed by atoms with Gasteiger partial charge < -0.3 is 28.8 Å². The SMILES string of the molecule is C.C=C1CC(=O)O1.CC(=O)CC(O)=C1C(=O)OC(C)(C)OC1=O.CC1(C)OC(=O)CC(=O)O1. The summed E-state index contributed by atoms with van der Waals surface area (Å²) >= 11 is 0. The Kier molecular flexibility index (Phi) is 9.99. The van der Waals surface area contributed by atoms with E-state index in [1.54, 1.807) is 0 Å². The van der Waals surface area contributed by atoms with Gasteiger partial charge in [0.15, 0.2) is 5.57 Å². The Morgan fingerprint density at radius 1 is 0.848 bits per heavy atom. The lowest BCUT2D eigenvalue weighted by Gasteiger charge is -2.30. The number of aliphatic hydroxyl groups is 1. The number of carbonyl (C=O) groups excluding carboxylic acids is 6. The quantitative estimate of drug-likeness (QED) is 0.155. The highest BCUT2D eigenvalue weighted by atomic mass is 16.7. The van der Waals surface area contributed by atoms with Gasteiger partial charge in [-0.3, -0.25) is 19.2 Å². The number of cyclic esters (lactones) is 5. The largest absolute Gasteiger partial charge is 0.511 e. The summed E-state index contributed by atoms with van der Waals surface area (Å²) in [5.41, 5.74) is -0.616. The average molecular weight is 472 g/mol. The summed E-state index contributed by atoms with van der Waals surface area (Å²) in [6, 6.07) is 0. The van der Waals surface area contributed by atoms with Gasteiger partial charge in [0.25, 0.3) is 11.6 Å². The molecule has 0 unspecified atom stereocenters. The van der Waals surface area contributed by atoms with Crippen LogP contribution in [0, 0.1) is 0 Å². The van der Waals surface area contributed by atoms with Gasteiger partial charge in [-0.1, -0.05) is 14.0 Å². The minimum Gasteiger partial charge on any atom is -0.511 e. The van der Waals surface area contributed by atoms with Crippen molar-refractivity contribution in [2.24, 2.45) is 0 Å². The van der Waals surface area contributed by atoms with Crippen molar-refractivity contribution in [3.05, 3.63) is 23.7 Å². The van der Waals surface area contributed by atoms with Gasteiger partial charge in [-0.25, -0.2) is 9.59 Å². The van der Waals surface area contributed by atoms with E-state index >= 15 is 0 Å². The van der Waals surface area contributed by atoms with Crippen LogP contribution in [-0.2, 0) is 52.5 Å². The van der Waals surface area contributed by atoms with Crippen molar-refractivity contribution in [3.63, 3.8) is 0 Å². The van der Waals surface area contributed by atoms with E-state index in [9.17, 15) is 33.9 Å². The van der Waals surface area contributed by atoms with Gasteiger partial charge in [0, 0.05) is 27.7 Å². The van der Waals surface area contributed by atoms with Crippen LogP contribution < -0.4 is 0 Å². The molecule has 3 heterocycles. The Hall–Kier alpha value is -3.70. The second-order valence-electron chi connectivity index (χ2n) is 7.59. The Morgan fingerprint density at radius 2 is 1.24 bits per heavy atom. The van der Waals surface area contributed by atoms with Gasteiger partial charge >= 0.3 is 29.8 Å². The van der Waals surface area contributed by atoms with Crippen LogP contribution in [0.25, 0.3) is 0 Å². The molecule has 12 heteroatoms. The Bertz CT molecular complexity index is 829. The van der Waals surface area contributed by atoms with E-state index in [0.717, 1.165) is 0 Å². The lowest BCUT2D eigenvalue weighted by atomic mass is 10.1. The molecule has 33 heavy (non-hydrogen) atoms. The molecule has 3 aliphatic heterocycles. The van der Waals surface area contributed by atoms with E-state index in [-0.39, 0.29) is 25.6 Å². The summed E-state index contributed by atoms with van der Waals surface area (Å²) in [5, 5.41) is 9.41. The van der Waals surface area contributed by atoms with E-state index in [0.29, 0.717) is 12.2 Å². The maximum Gasteiger partial charge on any atom is 0.352 e. The molecule has 12 nitrogen and oxygen atoms in total. The van der Waals surface area contributed by atoms with E-state index < -0.39 is 53.2 Å². The zero-order valence-electron chi connectivity index (χ0n) is 18.3. The summed E-state index contributed by atoms with van der Waals surface area (Å²) in [4.78, 5) is 64.5. The van der Waals surface area contributed by atoms with E-state index in [4.69, 9.17) is 9.47 Å². The van der Waals surface area contributed by atoms with Crippen molar-refractivity contribution in [1.82, 2.24) is 0 Å². The fourth-order valence-electron chi connectivity index (χ4n) is 2.29. The fraction of sp³-hybridized carbons (Fsp3) is 0.524. The second-order valence-corrected chi connectivity index (χ2v) is 7.59. The minimum absolute atomic E-state index is 0. The summed E-state index contributed by atoms with van der Waals surface area (Å²) in [7, 11) is 0. The Morgan fingerprint density at radius 3 is 1.52 bits per heavy atom. The number of allylic oxidation sites excluding steroid dienone is 1. The second kappa shape index (κ2) is 11.2. The molecule has 0 bridgehead atoms. The van der Waals surface area contributed by atoms with Crippen molar-refractivity contribution in [1.29, 1.82) is 0 Å². The molecule has 3 fully saturated rings. The van der Waals surface area contributed by atoms with Crippen LogP contribution in [0.2, 0.25) is 0 Å². The highest BCUT2D eigenvalue weighted by molar-refractivity contribution is 6.16. The fourth-order valence-corrected chi connectivity index (χ4v) is 2.29. The minimum atomic E-state index is -1.35. The van der Waals surface area contributed by atoms with Gasteiger partial charge in [-0.15, -0.1) is 0 Å². The molecule has 0 aromatic rings. The van der Waals surface area contributed by atoms with Crippen molar-refractivity contribution in [2.45, 2.75) is 72.9 Å². The van der Waals surface area contributed by atoms with Crippen molar-refractivity contribution in [3.8, 4) is 0 Å². The van der Waals surface area contributed by atoms with Gasteiger partial charge in [0.1, 0.15) is 30.1 Å². The zero-order chi connectivity index (χ0) is 24.9. The van der Waals surface area contributed by atoms with Crippen molar-refractivity contribution < 1.29 is 57.6 Å². The van der Waals surface area contributed by atoms with Crippen LogP contribution >= 0.6 is 0 Å². The van der Waals surface area contributed by atoms with Crippen LogP contribution in [-0.4, -0.2) is 52.3 Å². The molecule has 0 atom stereocenters. The van der Waals surface area contributed by atoms with E-state index in [1.165, 1.54) is 34.6 Å². The molecule has 0 saturated carbocycles. The third-order valence-corrected chi connectivity index (χ3v) is 3.40. The van der Waals surface area contributed by atoms with Gasteiger partial charge in [-0.2, -0.15) is 0 Å². The highest BCUT2D eigenvalue weighted by Crippen LogP contribution is 2.24. The molecule has 3 saturated heterocycles. The molecule has 0 spiro atoms. The van der Waals surface area contributed by atoms with E-state index in [1.807, 2.05) is 0 Å². The highest BCUT2D eigenvalue weighted by Gasteiger charge is 2.41. The molecule has 0 aliphatic carbocycles. The lowest BCUT2D eigenvalue weighted by molar-refractivity contribution is -0.231. The van der Waals surface area contributed by atoms with Crippen LogP contribution in [0.4, 0.5) is 0 Å². The lowest BCUT2D eigenvalue weighted by Crippen LogP contribution is -2.42. The topological polar surface area (TPSA) is 169 Å². The number of hydrogen-bond donors (Lipinski definition) is 1. The maximum absolute atomic E-state index is 11.4. The first-order valence-corrected chi connectivity index (χ1v) is 9.21. The zero-order valence-corrected chi connectivity index (χ0v) is 18.3. The first-order chi connectivity index (χ1) is 14.5. The van der Waals surface area contributed by atoms with Crippen molar-refractivity contribution in [2.75, 3.05) is 0 Å². The number of esters is 5. The molecule has 184 valence electrons. The number of hydrogen-bond acceptors (Lipinski definition) is 12. The Labute approximate surface area is 190 Å². The molecule has 3 aliphatic rings. The summed E-state index contributed by atoms with van der Waals surface area (Å²) in [6.45, 7) is 10.4. The predicted octanol–water partition coefficient (Wildman–Crippen LogP) is 1.91. The molecule has 1 N–H and O–H groups in total. The maximum atomic E-state index is 11.4. The summed E-state index contributed by atoms with van der Waals surface area (Å²) in [6.07, 6.45) is -0.261. The molecular formula is C21H28O12. The standard InChI is InChI=1S/C10H12O6.C6H8O4.C4H4O2.CH4/c1-5(11)4-6(12)7-8(13)15-10(2,3)16-9(7)14;1-6(2)9-4(7)3-5(8)10-6;1-3-2-4(5)6-3;/h12H,4H2,1-3H3;3H2,1-2H3;1-2H2;1H4. The van der Waals surface area contributed by atoms with Gasteiger partial charge in [0.05, 0.1) is 6.42 Å². The number of ether oxygens (including phenoxy) is 5. The number of aliphatic hydroxyl groups excluding tert-OH is 1. The van der Waals surface area contributed by atoms with Crippen LogP contribution in [0.5, 0.6) is 0 Å². The molecule has 0 radical (unpaired) electrons. The number of ketones is 1. The molecular weight excluding hydrogens is 444 g/mol. The number of rotatable bonds is 2. The molecule has 0 aromatic heterocycles. The molecule has 0 amide bonds. The summed E-state index contributed by atoms with van der Waals surface area (Å²) in [5.74, 6) is -6.04. The van der Waals surface area contributed by atoms with Gasteiger partial charge in [0.2, 0.25) is 0 Å². The van der Waals surface area contributed by atoms with Crippen molar-refractivity contribution >= 4 is 35.6 Å². The average Bonchev–Trinajstić information content (AvgIpc) is 2.49.